The normalized spacial score (nSPS) is 11.5. The second-order valence-corrected chi connectivity index (χ2v) is 11.2. The van der Waals surface area contributed by atoms with Crippen LogP contribution in [0.15, 0.2) is 84.4 Å². The third-order valence-electron chi connectivity index (χ3n) is 6.14. The third-order valence-corrected chi connectivity index (χ3v) is 7.27. The van der Waals surface area contributed by atoms with E-state index in [1.807, 2.05) is 6.92 Å². The van der Waals surface area contributed by atoms with Gasteiger partial charge in [-0.3, -0.25) is 9.20 Å². The third kappa shape index (κ3) is 6.24. The van der Waals surface area contributed by atoms with Gasteiger partial charge in [-0.15, -0.1) is 0 Å². The number of rotatable bonds is 5. The predicted octanol–water partition coefficient (Wildman–Crippen LogP) is 5.25. The number of anilines is 3. The maximum absolute atomic E-state index is 13.0. The second kappa shape index (κ2) is 11.0. The van der Waals surface area contributed by atoms with Gasteiger partial charge in [-0.05, 0) is 66.9 Å². The molecule has 0 radical (unpaired) electrons. The molecule has 0 aliphatic heterocycles. The number of nitrogens with zero attached hydrogens (tertiary/aromatic N) is 4. The Morgan fingerprint density at radius 3 is 2.45 bits per heavy atom. The van der Waals surface area contributed by atoms with Crippen molar-refractivity contribution < 1.29 is 26.4 Å². The molecule has 0 spiro atoms. The molecule has 1 amide bonds. The van der Waals surface area contributed by atoms with Crippen LogP contribution in [0.1, 0.15) is 32.7 Å². The summed E-state index contributed by atoms with van der Waals surface area (Å²) in [5.74, 6) is 5.19. The number of fused-ring (bicyclic) bond motifs is 1. The van der Waals surface area contributed by atoms with Crippen LogP contribution in [0.25, 0.3) is 5.65 Å². The first-order chi connectivity index (χ1) is 19.9. The van der Waals surface area contributed by atoms with Crippen LogP contribution in [0, 0.1) is 18.8 Å². The molecule has 0 aliphatic rings. The number of nitrogens with one attached hydrogen (secondary N) is 2. The molecule has 0 aliphatic carbocycles. The number of hydrogen-bond donors (Lipinski definition) is 2. The lowest BCUT2D eigenvalue weighted by atomic mass is 10.0. The summed E-state index contributed by atoms with van der Waals surface area (Å²) in [6.45, 7) is 1.81. The van der Waals surface area contributed by atoms with Crippen LogP contribution in [0.5, 0.6) is 0 Å². The molecule has 9 nitrogen and oxygen atoms in total. The van der Waals surface area contributed by atoms with Crippen molar-refractivity contribution in [2.24, 2.45) is 0 Å². The van der Waals surface area contributed by atoms with Gasteiger partial charge in [-0.2, -0.15) is 13.2 Å². The van der Waals surface area contributed by atoms with Crippen LogP contribution in [0.3, 0.4) is 0 Å². The summed E-state index contributed by atoms with van der Waals surface area (Å²) >= 11 is 0. The van der Waals surface area contributed by atoms with Crippen molar-refractivity contribution in [3.63, 3.8) is 0 Å². The highest BCUT2D eigenvalue weighted by atomic mass is 32.2. The first kappa shape index (κ1) is 28.3. The zero-order valence-corrected chi connectivity index (χ0v) is 22.9. The Hall–Kier alpha value is -5.22. The molecule has 0 saturated heterocycles. The van der Waals surface area contributed by atoms with Crippen LogP contribution < -0.4 is 10.6 Å². The molecule has 13 heteroatoms. The number of hydrogen-bond acceptors (Lipinski definition) is 7. The van der Waals surface area contributed by atoms with E-state index >= 15 is 0 Å². The monoisotopic (exact) mass is 590 g/mol. The number of carbonyl (C=O) groups excluding carboxylic acids is 1. The molecule has 0 atom stereocenters. The Balaban J connectivity index is 1.37. The maximum atomic E-state index is 13.0. The molecule has 0 unspecified atom stereocenters. The smallest absolute Gasteiger partial charge is 0.351 e. The quantitative estimate of drug-likeness (QED) is 0.269. The molecular formula is C29H21F3N6O3S. The number of imidazole rings is 1. The average Bonchev–Trinajstić information content (AvgIpc) is 3.36. The number of sulfone groups is 1. The molecule has 2 N–H and O–H groups in total. The molecule has 5 rings (SSSR count). The summed E-state index contributed by atoms with van der Waals surface area (Å²) in [6.07, 6.45) is 2.24. The Bertz CT molecular complexity index is 1990. The van der Waals surface area contributed by atoms with Crippen LogP contribution in [-0.4, -0.2) is 39.9 Å². The first-order valence-corrected chi connectivity index (χ1v) is 14.1. The number of pyridine rings is 1. The molecule has 3 aromatic heterocycles. The highest BCUT2D eigenvalue weighted by molar-refractivity contribution is 7.90. The van der Waals surface area contributed by atoms with Gasteiger partial charge >= 0.3 is 6.18 Å². The number of halogens is 3. The number of amides is 1. The number of benzene rings is 2. The first-order valence-electron chi connectivity index (χ1n) is 12.2. The molecule has 3 heterocycles. The summed E-state index contributed by atoms with van der Waals surface area (Å²) in [5.41, 5.74) is 2.82. The fourth-order valence-electron chi connectivity index (χ4n) is 3.92. The van der Waals surface area contributed by atoms with Crippen LogP contribution in [-0.2, 0) is 16.0 Å². The molecule has 2 aromatic carbocycles. The zero-order valence-electron chi connectivity index (χ0n) is 22.1. The molecule has 212 valence electrons. The van der Waals surface area contributed by atoms with E-state index < -0.39 is 27.5 Å². The number of alkyl halides is 3. The minimum Gasteiger partial charge on any atom is -0.351 e. The van der Waals surface area contributed by atoms with E-state index in [4.69, 9.17) is 0 Å². The minimum atomic E-state index is -4.56. The van der Waals surface area contributed by atoms with Crippen LogP contribution >= 0.6 is 0 Å². The highest BCUT2D eigenvalue weighted by Crippen LogP contribution is 2.30. The van der Waals surface area contributed by atoms with Crippen molar-refractivity contribution in [2.45, 2.75) is 18.0 Å². The molecule has 0 fully saturated rings. The van der Waals surface area contributed by atoms with Gasteiger partial charge in [0.1, 0.15) is 23.5 Å². The van der Waals surface area contributed by atoms with Crippen molar-refractivity contribution in [3.05, 3.63) is 107 Å². The van der Waals surface area contributed by atoms with Gasteiger partial charge in [0.05, 0.1) is 22.9 Å². The Morgan fingerprint density at radius 2 is 1.74 bits per heavy atom. The van der Waals surface area contributed by atoms with E-state index in [9.17, 15) is 26.4 Å². The molecule has 0 saturated carbocycles. The standard InChI is InChI=1S/C29H21F3N6O3S/c1-18-3-4-20(28(39)37-26-14-21(11-12-34-26)29(30,31)32)13-19(18)5-8-23-15-35-27-25(16-33-17-38(23)27)36-22-6-9-24(10-7-22)42(2,40)41/h3-4,6-7,9-17,36H,1-2H3,(H,34,37,39). The van der Waals surface area contributed by atoms with E-state index in [1.54, 1.807) is 53.5 Å². The summed E-state index contributed by atoms with van der Waals surface area (Å²) in [7, 11) is -3.32. The highest BCUT2D eigenvalue weighted by Gasteiger charge is 2.30. The van der Waals surface area contributed by atoms with Crippen molar-refractivity contribution in [1.82, 2.24) is 19.4 Å². The number of carbonyl (C=O) groups is 1. The summed E-state index contributed by atoms with van der Waals surface area (Å²) in [5, 5.41) is 5.56. The van der Waals surface area contributed by atoms with Crippen molar-refractivity contribution >= 4 is 38.6 Å². The van der Waals surface area contributed by atoms with Crippen molar-refractivity contribution in [3.8, 4) is 11.8 Å². The summed E-state index contributed by atoms with van der Waals surface area (Å²) in [4.78, 5) is 25.4. The SMILES string of the molecule is Cc1ccc(C(=O)Nc2cc(C(F)(F)F)ccn2)cc1C#Cc1cnc2c(Nc3ccc(S(C)(=O)=O)cc3)cncn12. The van der Waals surface area contributed by atoms with E-state index in [1.165, 1.54) is 12.1 Å². The van der Waals surface area contributed by atoms with Gasteiger partial charge in [-0.1, -0.05) is 12.0 Å². The lowest BCUT2D eigenvalue weighted by molar-refractivity contribution is -0.137. The van der Waals surface area contributed by atoms with Gasteiger partial charge in [-0.25, -0.2) is 23.4 Å². The van der Waals surface area contributed by atoms with E-state index in [-0.39, 0.29) is 16.3 Å². The number of aromatic nitrogens is 4. The Labute approximate surface area is 238 Å². The lowest BCUT2D eigenvalue weighted by Crippen LogP contribution is -2.14. The van der Waals surface area contributed by atoms with Gasteiger partial charge in [0.2, 0.25) is 0 Å². The van der Waals surface area contributed by atoms with Gasteiger partial charge < -0.3 is 10.6 Å². The molecule has 5 aromatic rings. The van der Waals surface area contributed by atoms with Crippen molar-refractivity contribution in [2.75, 3.05) is 16.9 Å². The Kier molecular flexibility index (Phi) is 7.40. The molecule has 42 heavy (non-hydrogen) atoms. The number of aryl methyl sites for hydroxylation is 1. The summed E-state index contributed by atoms with van der Waals surface area (Å²) < 4.78 is 64.1. The maximum Gasteiger partial charge on any atom is 0.416 e. The Morgan fingerprint density at radius 1 is 0.976 bits per heavy atom. The van der Waals surface area contributed by atoms with E-state index in [0.717, 1.165) is 30.1 Å². The topological polar surface area (TPSA) is 118 Å². The van der Waals surface area contributed by atoms with E-state index in [0.29, 0.717) is 28.3 Å². The largest absolute Gasteiger partial charge is 0.416 e. The van der Waals surface area contributed by atoms with E-state index in [2.05, 4.69) is 37.4 Å². The second-order valence-electron chi connectivity index (χ2n) is 9.23. The average molecular weight is 591 g/mol. The van der Waals surface area contributed by atoms with Crippen molar-refractivity contribution in [1.29, 1.82) is 0 Å². The van der Waals surface area contributed by atoms with Gasteiger partial charge in [0.25, 0.3) is 5.91 Å². The van der Waals surface area contributed by atoms with Crippen LogP contribution in [0.2, 0.25) is 0 Å². The fourth-order valence-corrected chi connectivity index (χ4v) is 4.55. The minimum absolute atomic E-state index is 0.192. The zero-order chi connectivity index (χ0) is 30.1. The lowest BCUT2D eigenvalue weighted by Gasteiger charge is -2.09. The van der Waals surface area contributed by atoms with Gasteiger partial charge in [0, 0.05) is 29.3 Å². The predicted molar refractivity (Wildman–Crippen MR) is 150 cm³/mol. The fraction of sp³-hybridized carbons (Fsp3) is 0.103. The molecule has 0 bridgehead atoms. The summed E-state index contributed by atoms with van der Waals surface area (Å²) in [6, 6.07) is 12.6. The molecular weight excluding hydrogens is 569 g/mol. The van der Waals surface area contributed by atoms with Crippen LogP contribution in [0.4, 0.5) is 30.4 Å². The van der Waals surface area contributed by atoms with Gasteiger partial charge in [0.15, 0.2) is 15.5 Å².